The monoisotopic (exact) mass is 358 g/mol. The van der Waals surface area contributed by atoms with Crippen molar-refractivity contribution in [3.63, 3.8) is 0 Å². The Morgan fingerprint density at radius 3 is 2.57 bits per heavy atom. The van der Waals surface area contributed by atoms with Crippen LogP contribution < -0.4 is 5.32 Å². The van der Waals surface area contributed by atoms with Crippen molar-refractivity contribution >= 4 is 15.9 Å². The molecule has 21 heavy (non-hydrogen) atoms. The maximum atomic E-state index is 13.6. The number of hydrogen-bond donors (Lipinski definition) is 1. The van der Waals surface area contributed by atoms with Gasteiger partial charge in [0.15, 0.2) is 0 Å². The average molecular weight is 359 g/mol. The van der Waals surface area contributed by atoms with Crippen LogP contribution in [0.5, 0.6) is 0 Å². The van der Waals surface area contributed by atoms with Gasteiger partial charge in [-0.05, 0) is 51.1 Å². The van der Waals surface area contributed by atoms with Gasteiger partial charge in [-0.25, -0.2) is 4.39 Å². The van der Waals surface area contributed by atoms with Gasteiger partial charge in [-0.15, -0.1) is 0 Å². The number of morpholine rings is 1. The Morgan fingerprint density at radius 2 is 2.00 bits per heavy atom. The van der Waals surface area contributed by atoms with Gasteiger partial charge in [-0.2, -0.15) is 0 Å². The molecule has 1 aromatic carbocycles. The molecule has 0 aliphatic carbocycles. The van der Waals surface area contributed by atoms with E-state index in [1.54, 1.807) is 6.07 Å². The second-order valence-corrected chi connectivity index (χ2v) is 6.99. The Bertz CT molecular complexity index is 455. The maximum Gasteiger partial charge on any atom is 0.124 e. The van der Waals surface area contributed by atoms with E-state index in [-0.39, 0.29) is 17.4 Å². The number of halogens is 2. The highest BCUT2D eigenvalue weighted by Crippen LogP contribution is 2.24. The summed E-state index contributed by atoms with van der Waals surface area (Å²) < 4.78 is 19.8. The zero-order valence-electron chi connectivity index (χ0n) is 13.0. The summed E-state index contributed by atoms with van der Waals surface area (Å²) in [6.45, 7) is 7.94. The second kappa shape index (κ2) is 7.18. The lowest BCUT2D eigenvalue weighted by Crippen LogP contribution is -2.60. The molecule has 0 radical (unpaired) electrons. The van der Waals surface area contributed by atoms with E-state index in [0.29, 0.717) is 0 Å². The van der Waals surface area contributed by atoms with E-state index in [0.717, 1.165) is 42.8 Å². The summed E-state index contributed by atoms with van der Waals surface area (Å²) in [7, 11) is 1.97. The van der Waals surface area contributed by atoms with Gasteiger partial charge in [0.2, 0.25) is 0 Å². The van der Waals surface area contributed by atoms with Gasteiger partial charge in [0.05, 0.1) is 13.2 Å². The number of ether oxygens (including phenoxy) is 1. The normalized spacial score (nSPS) is 18.7. The van der Waals surface area contributed by atoms with Crippen LogP contribution in [-0.4, -0.2) is 49.8 Å². The molecule has 1 saturated heterocycles. The van der Waals surface area contributed by atoms with Crippen molar-refractivity contribution in [1.29, 1.82) is 0 Å². The minimum Gasteiger partial charge on any atom is -0.379 e. The highest BCUT2D eigenvalue weighted by Gasteiger charge is 2.35. The van der Waals surface area contributed by atoms with Gasteiger partial charge in [0, 0.05) is 29.1 Å². The smallest absolute Gasteiger partial charge is 0.124 e. The molecule has 1 unspecified atom stereocenters. The molecule has 1 aliphatic heterocycles. The lowest BCUT2D eigenvalue weighted by Gasteiger charge is -2.46. The van der Waals surface area contributed by atoms with Crippen molar-refractivity contribution in [1.82, 2.24) is 10.2 Å². The molecule has 0 aromatic heterocycles. The van der Waals surface area contributed by atoms with Crippen LogP contribution in [0.25, 0.3) is 0 Å². The molecular weight excluding hydrogens is 335 g/mol. The van der Waals surface area contributed by atoms with Gasteiger partial charge in [0.25, 0.3) is 0 Å². The highest BCUT2D eigenvalue weighted by molar-refractivity contribution is 9.10. The molecule has 1 aromatic rings. The summed E-state index contributed by atoms with van der Waals surface area (Å²) in [6.07, 6.45) is 0.789. The first-order chi connectivity index (χ1) is 9.93. The third-order valence-electron chi connectivity index (χ3n) is 4.39. The number of rotatable bonds is 5. The van der Waals surface area contributed by atoms with E-state index >= 15 is 0 Å². The third-order valence-corrected chi connectivity index (χ3v) is 4.85. The van der Waals surface area contributed by atoms with Crippen LogP contribution in [0.2, 0.25) is 0 Å². The van der Waals surface area contributed by atoms with Crippen LogP contribution in [0.15, 0.2) is 22.7 Å². The zero-order valence-corrected chi connectivity index (χ0v) is 14.5. The molecule has 1 N–H and O–H groups in total. The molecule has 1 fully saturated rings. The first-order valence-electron chi connectivity index (χ1n) is 7.38. The molecule has 1 atom stereocenters. The van der Waals surface area contributed by atoms with Gasteiger partial charge in [-0.1, -0.05) is 15.9 Å². The number of hydrogen-bond acceptors (Lipinski definition) is 3. The van der Waals surface area contributed by atoms with Crippen molar-refractivity contribution in [3.05, 3.63) is 34.1 Å². The Hall–Kier alpha value is -0.490. The minimum absolute atomic E-state index is 0.0165. The third kappa shape index (κ3) is 4.25. The molecular formula is C16H24BrFN2O. The van der Waals surface area contributed by atoms with Crippen LogP contribution in [-0.2, 0) is 11.2 Å². The topological polar surface area (TPSA) is 24.5 Å². The second-order valence-electron chi connectivity index (χ2n) is 6.08. The van der Waals surface area contributed by atoms with Crippen molar-refractivity contribution in [3.8, 4) is 0 Å². The van der Waals surface area contributed by atoms with Gasteiger partial charge >= 0.3 is 0 Å². The van der Waals surface area contributed by atoms with E-state index in [1.807, 2.05) is 13.1 Å². The Morgan fingerprint density at radius 1 is 1.33 bits per heavy atom. The van der Waals surface area contributed by atoms with Crippen LogP contribution in [0.4, 0.5) is 4.39 Å². The predicted octanol–water partition coefficient (Wildman–Crippen LogP) is 2.83. The fraction of sp³-hybridized carbons (Fsp3) is 0.625. The summed E-state index contributed by atoms with van der Waals surface area (Å²) in [5.74, 6) is -0.196. The standard InChI is InChI=1S/C16H24BrFN2O/c1-16(2,20-4-6-21-7-5-20)15(19-3)10-12-8-13(17)11-14(18)9-12/h8-9,11,15,19H,4-7,10H2,1-3H3. The van der Waals surface area contributed by atoms with Crippen LogP contribution in [0.1, 0.15) is 19.4 Å². The minimum atomic E-state index is -0.196. The van der Waals surface area contributed by atoms with E-state index < -0.39 is 0 Å². The summed E-state index contributed by atoms with van der Waals surface area (Å²) in [5.41, 5.74) is 0.986. The van der Waals surface area contributed by atoms with Crippen LogP contribution in [0.3, 0.4) is 0 Å². The number of likely N-dealkylation sites (N-methyl/N-ethyl adjacent to an activating group) is 1. The molecule has 3 nitrogen and oxygen atoms in total. The van der Waals surface area contributed by atoms with E-state index in [2.05, 4.69) is 40.0 Å². The molecule has 5 heteroatoms. The number of nitrogens with one attached hydrogen (secondary N) is 1. The number of benzene rings is 1. The zero-order chi connectivity index (χ0) is 15.5. The van der Waals surface area contributed by atoms with Crippen molar-refractivity contribution in [2.45, 2.75) is 31.8 Å². The molecule has 118 valence electrons. The largest absolute Gasteiger partial charge is 0.379 e. The van der Waals surface area contributed by atoms with Crippen molar-refractivity contribution < 1.29 is 9.13 Å². The van der Waals surface area contributed by atoms with E-state index in [1.165, 1.54) is 6.07 Å². The molecule has 0 saturated carbocycles. The van der Waals surface area contributed by atoms with Crippen molar-refractivity contribution in [2.24, 2.45) is 0 Å². The van der Waals surface area contributed by atoms with Crippen LogP contribution >= 0.6 is 15.9 Å². The number of nitrogens with zero attached hydrogens (tertiary/aromatic N) is 1. The lowest BCUT2D eigenvalue weighted by molar-refractivity contribution is -0.0223. The predicted molar refractivity (Wildman–Crippen MR) is 87.1 cm³/mol. The lowest BCUT2D eigenvalue weighted by atomic mass is 9.87. The van der Waals surface area contributed by atoms with Crippen LogP contribution in [0, 0.1) is 5.82 Å². The summed E-state index contributed by atoms with van der Waals surface area (Å²) in [5, 5.41) is 3.41. The highest BCUT2D eigenvalue weighted by atomic mass is 79.9. The molecule has 0 amide bonds. The quantitative estimate of drug-likeness (QED) is 0.875. The maximum absolute atomic E-state index is 13.6. The molecule has 1 aliphatic rings. The van der Waals surface area contributed by atoms with E-state index in [4.69, 9.17) is 4.74 Å². The fourth-order valence-electron chi connectivity index (χ4n) is 3.03. The Labute approximate surface area is 135 Å². The SMILES string of the molecule is CNC(Cc1cc(F)cc(Br)c1)C(C)(C)N1CCOCC1. The first-order valence-corrected chi connectivity index (χ1v) is 8.18. The van der Waals surface area contributed by atoms with Gasteiger partial charge in [-0.3, -0.25) is 4.90 Å². The Kier molecular flexibility index (Phi) is 5.77. The Balaban J connectivity index is 2.13. The van der Waals surface area contributed by atoms with E-state index in [9.17, 15) is 4.39 Å². The average Bonchev–Trinajstić information content (AvgIpc) is 2.44. The molecule has 0 bridgehead atoms. The van der Waals surface area contributed by atoms with Gasteiger partial charge in [0.1, 0.15) is 5.82 Å². The van der Waals surface area contributed by atoms with Crippen molar-refractivity contribution in [2.75, 3.05) is 33.4 Å². The molecule has 0 spiro atoms. The summed E-state index contributed by atoms with van der Waals surface area (Å²) >= 11 is 3.36. The van der Waals surface area contributed by atoms with Gasteiger partial charge < -0.3 is 10.1 Å². The fourth-order valence-corrected chi connectivity index (χ4v) is 3.54. The molecule has 1 heterocycles. The first kappa shape index (κ1) is 16.9. The summed E-state index contributed by atoms with van der Waals surface area (Å²) in [6, 6.07) is 5.34. The molecule has 2 rings (SSSR count). The summed E-state index contributed by atoms with van der Waals surface area (Å²) in [4.78, 5) is 2.45.